The molecule has 1 saturated heterocycles. The molecule has 4 nitrogen and oxygen atoms in total. The number of carboxylic acid groups (broad SMARTS) is 1. The van der Waals surface area contributed by atoms with Gasteiger partial charge >= 0.3 is 5.97 Å². The van der Waals surface area contributed by atoms with Crippen molar-refractivity contribution in [3.05, 3.63) is 64.7 Å². The van der Waals surface area contributed by atoms with E-state index in [4.69, 9.17) is 11.6 Å². The van der Waals surface area contributed by atoms with E-state index >= 15 is 0 Å². The number of rotatable bonds is 4. The molecule has 1 N–H and O–H groups in total. The molecule has 2 aromatic rings. The van der Waals surface area contributed by atoms with Crippen molar-refractivity contribution in [2.45, 2.75) is 13.0 Å². The molecule has 1 aliphatic rings. The third-order valence-electron chi connectivity index (χ3n) is 4.46. The Hall–Kier alpha value is -2.04. The van der Waals surface area contributed by atoms with Crippen molar-refractivity contribution in [1.29, 1.82) is 0 Å². The molecule has 3 rings (SSSR count). The molecule has 0 saturated carbocycles. The van der Waals surface area contributed by atoms with E-state index in [1.54, 1.807) is 0 Å². The first-order chi connectivity index (χ1) is 11.6. The maximum absolute atomic E-state index is 11.8. The summed E-state index contributed by atoms with van der Waals surface area (Å²) in [5.74, 6) is -0.799. The summed E-state index contributed by atoms with van der Waals surface area (Å²) >= 11 is 6.27. The van der Waals surface area contributed by atoms with Crippen LogP contribution < -0.4 is 4.90 Å². The molecule has 0 aliphatic carbocycles. The third-order valence-corrected chi connectivity index (χ3v) is 4.78. The number of para-hydroxylation sites is 1. The molecule has 1 fully saturated rings. The SMILES string of the molecule is Cc1cccc(C(C(=O)O)N2CCN(c3ccccc3Cl)CC2)c1. The van der Waals surface area contributed by atoms with Crippen molar-refractivity contribution in [2.75, 3.05) is 31.1 Å². The fraction of sp³-hybridized carbons (Fsp3) is 0.316. The van der Waals surface area contributed by atoms with Crippen LogP contribution in [-0.2, 0) is 4.79 Å². The maximum Gasteiger partial charge on any atom is 0.325 e. The van der Waals surface area contributed by atoms with Gasteiger partial charge in [0.05, 0.1) is 10.7 Å². The van der Waals surface area contributed by atoms with Gasteiger partial charge in [-0.25, -0.2) is 0 Å². The van der Waals surface area contributed by atoms with Crippen LogP contribution in [0.4, 0.5) is 5.69 Å². The lowest BCUT2D eigenvalue weighted by atomic mass is 10.0. The van der Waals surface area contributed by atoms with Crippen molar-refractivity contribution < 1.29 is 9.90 Å². The van der Waals surface area contributed by atoms with E-state index in [1.165, 1.54) is 0 Å². The predicted molar refractivity (Wildman–Crippen MR) is 96.8 cm³/mol. The minimum absolute atomic E-state index is 0.599. The highest BCUT2D eigenvalue weighted by molar-refractivity contribution is 6.33. The van der Waals surface area contributed by atoms with Crippen LogP contribution in [0.3, 0.4) is 0 Å². The number of aryl methyl sites for hydroxylation is 1. The number of nitrogens with zero attached hydrogens (tertiary/aromatic N) is 2. The van der Waals surface area contributed by atoms with Crippen LogP contribution in [0.2, 0.25) is 5.02 Å². The van der Waals surface area contributed by atoms with Gasteiger partial charge in [-0.3, -0.25) is 9.69 Å². The van der Waals surface area contributed by atoms with E-state index in [9.17, 15) is 9.90 Å². The van der Waals surface area contributed by atoms with Crippen LogP contribution in [0.15, 0.2) is 48.5 Å². The van der Waals surface area contributed by atoms with E-state index in [2.05, 4.69) is 4.90 Å². The second-order valence-electron chi connectivity index (χ2n) is 6.13. The largest absolute Gasteiger partial charge is 0.480 e. The van der Waals surface area contributed by atoms with E-state index < -0.39 is 12.0 Å². The fourth-order valence-electron chi connectivity index (χ4n) is 3.28. The molecule has 0 radical (unpaired) electrons. The minimum Gasteiger partial charge on any atom is -0.480 e. The molecule has 2 aromatic carbocycles. The number of carboxylic acids is 1. The average molecular weight is 345 g/mol. The molecule has 1 unspecified atom stereocenters. The first kappa shape index (κ1) is 16.8. The summed E-state index contributed by atoms with van der Waals surface area (Å²) in [6.45, 7) is 4.89. The van der Waals surface area contributed by atoms with Crippen molar-refractivity contribution in [3.8, 4) is 0 Å². The monoisotopic (exact) mass is 344 g/mol. The Morgan fingerprint density at radius 3 is 2.42 bits per heavy atom. The Kier molecular flexibility index (Phi) is 5.07. The zero-order chi connectivity index (χ0) is 17.1. The van der Waals surface area contributed by atoms with Crippen molar-refractivity contribution in [1.82, 2.24) is 4.90 Å². The molecular formula is C19H21ClN2O2. The number of halogens is 1. The van der Waals surface area contributed by atoms with Gasteiger partial charge in [-0.1, -0.05) is 53.6 Å². The number of piperazine rings is 1. The zero-order valence-electron chi connectivity index (χ0n) is 13.7. The number of aliphatic carboxylic acids is 1. The van der Waals surface area contributed by atoms with Crippen molar-refractivity contribution in [3.63, 3.8) is 0 Å². The highest BCUT2D eigenvalue weighted by Crippen LogP contribution is 2.28. The summed E-state index contributed by atoms with van der Waals surface area (Å²) in [6, 6.07) is 14.9. The Morgan fingerprint density at radius 1 is 1.08 bits per heavy atom. The normalized spacial score (nSPS) is 16.8. The number of anilines is 1. The molecular weight excluding hydrogens is 324 g/mol. The molecule has 126 valence electrons. The van der Waals surface area contributed by atoms with Crippen LogP contribution in [0.1, 0.15) is 17.2 Å². The second-order valence-corrected chi connectivity index (χ2v) is 6.54. The molecule has 24 heavy (non-hydrogen) atoms. The fourth-order valence-corrected chi connectivity index (χ4v) is 3.53. The lowest BCUT2D eigenvalue weighted by Crippen LogP contribution is -2.49. The van der Waals surface area contributed by atoms with Gasteiger partial charge < -0.3 is 10.0 Å². The number of hydrogen-bond acceptors (Lipinski definition) is 3. The van der Waals surface area contributed by atoms with Gasteiger partial charge in [0.2, 0.25) is 0 Å². The van der Waals surface area contributed by atoms with E-state index in [0.717, 1.165) is 34.9 Å². The van der Waals surface area contributed by atoms with Gasteiger partial charge in [0, 0.05) is 26.2 Å². The standard InChI is InChI=1S/C19H21ClN2O2/c1-14-5-4-6-15(13-14)18(19(23)24)22-11-9-21(10-12-22)17-8-3-2-7-16(17)20/h2-8,13,18H,9-12H2,1H3,(H,23,24). The first-order valence-electron chi connectivity index (χ1n) is 8.09. The second kappa shape index (κ2) is 7.24. The lowest BCUT2D eigenvalue weighted by Gasteiger charge is -2.39. The Morgan fingerprint density at radius 2 is 1.79 bits per heavy atom. The molecule has 1 atom stereocenters. The van der Waals surface area contributed by atoms with Crippen LogP contribution in [0, 0.1) is 6.92 Å². The van der Waals surface area contributed by atoms with Gasteiger partial charge in [-0.2, -0.15) is 0 Å². The minimum atomic E-state index is -0.799. The zero-order valence-corrected chi connectivity index (χ0v) is 14.4. The van der Waals surface area contributed by atoms with Gasteiger partial charge in [0.25, 0.3) is 0 Å². The smallest absolute Gasteiger partial charge is 0.325 e. The first-order valence-corrected chi connectivity index (χ1v) is 8.47. The molecule has 1 heterocycles. The number of carbonyl (C=O) groups is 1. The van der Waals surface area contributed by atoms with E-state index in [0.29, 0.717) is 13.1 Å². The lowest BCUT2D eigenvalue weighted by molar-refractivity contribution is -0.143. The van der Waals surface area contributed by atoms with E-state index in [1.807, 2.05) is 60.4 Å². The summed E-state index contributed by atoms with van der Waals surface area (Å²) in [4.78, 5) is 16.1. The van der Waals surface area contributed by atoms with Gasteiger partial charge in [0.15, 0.2) is 0 Å². The molecule has 0 amide bonds. The Labute approximate surface area is 147 Å². The maximum atomic E-state index is 11.8. The highest BCUT2D eigenvalue weighted by Gasteiger charge is 2.30. The number of benzene rings is 2. The molecule has 0 bridgehead atoms. The van der Waals surface area contributed by atoms with Crippen LogP contribution in [-0.4, -0.2) is 42.2 Å². The average Bonchev–Trinajstić information content (AvgIpc) is 2.56. The van der Waals surface area contributed by atoms with Gasteiger partial charge in [-0.05, 0) is 24.6 Å². The van der Waals surface area contributed by atoms with Crippen LogP contribution in [0.5, 0.6) is 0 Å². The Balaban J connectivity index is 1.74. The summed E-state index contributed by atoms with van der Waals surface area (Å²) in [6.07, 6.45) is 0. The Bertz CT molecular complexity index is 727. The summed E-state index contributed by atoms with van der Waals surface area (Å²) in [5.41, 5.74) is 2.93. The van der Waals surface area contributed by atoms with Crippen molar-refractivity contribution in [2.24, 2.45) is 0 Å². The summed E-state index contributed by atoms with van der Waals surface area (Å²) < 4.78 is 0. The van der Waals surface area contributed by atoms with Crippen molar-refractivity contribution >= 4 is 23.3 Å². The highest BCUT2D eigenvalue weighted by atomic mass is 35.5. The third kappa shape index (κ3) is 3.55. The van der Waals surface area contributed by atoms with Gasteiger partial charge in [0.1, 0.15) is 6.04 Å². The topological polar surface area (TPSA) is 43.8 Å². The molecule has 0 aromatic heterocycles. The molecule has 0 spiro atoms. The number of hydrogen-bond donors (Lipinski definition) is 1. The van der Waals surface area contributed by atoms with E-state index in [-0.39, 0.29) is 0 Å². The summed E-state index contributed by atoms with van der Waals surface area (Å²) in [7, 11) is 0. The predicted octanol–water partition coefficient (Wildman–Crippen LogP) is 3.60. The quantitative estimate of drug-likeness (QED) is 0.920. The summed E-state index contributed by atoms with van der Waals surface area (Å²) in [5, 5.41) is 10.5. The molecule has 5 heteroatoms. The van der Waals surface area contributed by atoms with Crippen LogP contribution in [0.25, 0.3) is 0 Å². The van der Waals surface area contributed by atoms with Gasteiger partial charge in [-0.15, -0.1) is 0 Å². The molecule has 1 aliphatic heterocycles. The van der Waals surface area contributed by atoms with Crippen LogP contribution >= 0.6 is 11.6 Å².